The monoisotopic (exact) mass is 389 g/mol. The molecule has 1 aliphatic heterocycles. The van der Waals surface area contributed by atoms with E-state index in [2.05, 4.69) is 58.2 Å². The third-order valence-electron chi connectivity index (χ3n) is 4.69. The topological polar surface area (TPSA) is 76.5 Å². The molecule has 3 aromatic rings. The van der Waals surface area contributed by atoms with E-state index in [-0.39, 0.29) is 0 Å². The van der Waals surface area contributed by atoms with Gasteiger partial charge in [0.05, 0.1) is 5.71 Å². The summed E-state index contributed by atoms with van der Waals surface area (Å²) in [6.45, 7) is 8.46. The second-order valence-electron chi connectivity index (χ2n) is 7.13. The average molecular weight is 390 g/mol. The highest BCUT2D eigenvalue weighted by atomic mass is 16.5. The molecule has 3 heterocycles. The summed E-state index contributed by atoms with van der Waals surface area (Å²) in [5.41, 5.74) is 5.59. The van der Waals surface area contributed by atoms with E-state index in [0.29, 0.717) is 17.6 Å². The number of pyridine rings is 1. The SMILES string of the molecule is CCC1=NN=C(c2cccnc2)C1.CCc1nc(-c2ccc(C(C)C)cc2)no1. The van der Waals surface area contributed by atoms with Gasteiger partial charge in [-0.25, -0.2) is 0 Å². The van der Waals surface area contributed by atoms with Gasteiger partial charge in [-0.2, -0.15) is 15.2 Å². The highest BCUT2D eigenvalue weighted by molar-refractivity contribution is 6.14. The zero-order valence-corrected chi connectivity index (χ0v) is 17.5. The molecule has 0 unspecified atom stereocenters. The van der Waals surface area contributed by atoms with E-state index in [1.165, 1.54) is 5.56 Å². The lowest BCUT2D eigenvalue weighted by molar-refractivity contribution is 0.383. The largest absolute Gasteiger partial charge is 0.339 e. The van der Waals surface area contributed by atoms with Crippen LogP contribution in [0.25, 0.3) is 11.4 Å². The second-order valence-corrected chi connectivity index (χ2v) is 7.13. The van der Waals surface area contributed by atoms with Crippen molar-refractivity contribution >= 4 is 11.4 Å². The molecule has 2 aromatic heterocycles. The van der Waals surface area contributed by atoms with Crippen molar-refractivity contribution in [3.8, 4) is 11.4 Å². The first-order chi connectivity index (χ1) is 14.1. The van der Waals surface area contributed by atoms with E-state index < -0.39 is 0 Å². The quantitative estimate of drug-likeness (QED) is 0.580. The highest BCUT2D eigenvalue weighted by Gasteiger charge is 2.12. The number of hydrogen-bond donors (Lipinski definition) is 0. The van der Waals surface area contributed by atoms with Gasteiger partial charge in [0.25, 0.3) is 0 Å². The number of aryl methyl sites for hydroxylation is 1. The fourth-order valence-electron chi connectivity index (χ4n) is 2.82. The van der Waals surface area contributed by atoms with Crippen LogP contribution in [0.15, 0.2) is 63.5 Å². The molecule has 1 aromatic carbocycles. The van der Waals surface area contributed by atoms with Gasteiger partial charge in [0, 0.05) is 42.1 Å². The molecule has 4 rings (SSSR count). The predicted molar refractivity (Wildman–Crippen MR) is 116 cm³/mol. The van der Waals surface area contributed by atoms with Crippen LogP contribution in [0.4, 0.5) is 0 Å². The van der Waals surface area contributed by atoms with Crippen molar-refractivity contribution in [2.75, 3.05) is 0 Å². The fourth-order valence-corrected chi connectivity index (χ4v) is 2.82. The van der Waals surface area contributed by atoms with Crippen molar-refractivity contribution in [3.05, 3.63) is 65.8 Å². The zero-order valence-electron chi connectivity index (χ0n) is 17.5. The van der Waals surface area contributed by atoms with Gasteiger partial charge in [-0.05, 0) is 30.0 Å². The van der Waals surface area contributed by atoms with Crippen LogP contribution in [0.3, 0.4) is 0 Å². The van der Waals surface area contributed by atoms with Crippen LogP contribution in [0, 0.1) is 0 Å². The second kappa shape index (κ2) is 9.87. The summed E-state index contributed by atoms with van der Waals surface area (Å²) in [7, 11) is 0. The first kappa shape index (κ1) is 20.6. The minimum atomic E-state index is 0.547. The molecule has 0 N–H and O–H groups in total. The van der Waals surface area contributed by atoms with E-state index in [1.807, 2.05) is 37.4 Å². The van der Waals surface area contributed by atoms with Gasteiger partial charge in [-0.3, -0.25) is 4.98 Å². The van der Waals surface area contributed by atoms with Crippen LogP contribution in [-0.4, -0.2) is 26.5 Å². The molecule has 0 amide bonds. The first-order valence-electron chi connectivity index (χ1n) is 10.1. The Labute approximate surface area is 171 Å². The Bertz CT molecular complexity index is 972. The van der Waals surface area contributed by atoms with Gasteiger partial charge >= 0.3 is 0 Å². The Hall–Kier alpha value is -3.15. The molecular weight excluding hydrogens is 362 g/mol. The molecular formula is C23H27N5O. The van der Waals surface area contributed by atoms with Crippen LogP contribution >= 0.6 is 0 Å². The molecule has 1 aliphatic rings. The first-order valence-corrected chi connectivity index (χ1v) is 10.1. The maximum absolute atomic E-state index is 5.08. The van der Waals surface area contributed by atoms with E-state index >= 15 is 0 Å². The summed E-state index contributed by atoms with van der Waals surface area (Å²) >= 11 is 0. The van der Waals surface area contributed by atoms with E-state index in [1.54, 1.807) is 6.20 Å². The Kier molecular flexibility index (Phi) is 7.00. The maximum atomic E-state index is 5.08. The van der Waals surface area contributed by atoms with Crippen molar-refractivity contribution in [3.63, 3.8) is 0 Å². The molecule has 0 saturated heterocycles. The molecule has 0 fully saturated rings. The van der Waals surface area contributed by atoms with Crippen molar-refractivity contribution in [1.29, 1.82) is 0 Å². The lowest BCUT2D eigenvalue weighted by Gasteiger charge is -2.04. The fraction of sp³-hybridized carbons (Fsp3) is 0.348. The van der Waals surface area contributed by atoms with Crippen LogP contribution in [0.5, 0.6) is 0 Å². The molecule has 0 saturated carbocycles. The Balaban J connectivity index is 0.000000169. The molecule has 0 radical (unpaired) electrons. The molecule has 6 nitrogen and oxygen atoms in total. The molecule has 0 atom stereocenters. The third kappa shape index (κ3) is 5.44. The van der Waals surface area contributed by atoms with Gasteiger partial charge in [-0.1, -0.05) is 57.1 Å². The van der Waals surface area contributed by atoms with Crippen molar-refractivity contribution in [2.24, 2.45) is 10.2 Å². The minimum Gasteiger partial charge on any atom is -0.339 e. The summed E-state index contributed by atoms with van der Waals surface area (Å²) in [6.07, 6.45) is 6.22. The predicted octanol–water partition coefficient (Wildman–Crippen LogP) is 5.46. The van der Waals surface area contributed by atoms with Gasteiger partial charge in [-0.15, -0.1) is 0 Å². The zero-order chi connectivity index (χ0) is 20.6. The summed E-state index contributed by atoms with van der Waals surface area (Å²) < 4.78 is 5.08. The molecule has 6 heteroatoms. The highest BCUT2D eigenvalue weighted by Crippen LogP contribution is 2.20. The van der Waals surface area contributed by atoms with Crippen molar-refractivity contribution < 1.29 is 4.52 Å². The maximum Gasteiger partial charge on any atom is 0.226 e. The Morgan fingerprint density at radius 3 is 2.31 bits per heavy atom. The smallest absolute Gasteiger partial charge is 0.226 e. The Morgan fingerprint density at radius 2 is 1.76 bits per heavy atom. The normalized spacial score (nSPS) is 13.0. The van der Waals surface area contributed by atoms with Crippen LogP contribution in [0.1, 0.15) is 63.5 Å². The number of aromatic nitrogens is 3. The van der Waals surface area contributed by atoms with Gasteiger partial charge in [0.2, 0.25) is 11.7 Å². The molecule has 0 spiro atoms. The molecule has 29 heavy (non-hydrogen) atoms. The minimum absolute atomic E-state index is 0.547. The number of rotatable bonds is 5. The summed E-state index contributed by atoms with van der Waals surface area (Å²) in [4.78, 5) is 8.34. The lowest BCUT2D eigenvalue weighted by Crippen LogP contribution is -2.02. The summed E-state index contributed by atoms with van der Waals surface area (Å²) in [5, 5.41) is 12.2. The Morgan fingerprint density at radius 1 is 0.966 bits per heavy atom. The number of nitrogens with zero attached hydrogens (tertiary/aromatic N) is 5. The standard InChI is InChI=1S/C13H16N2O.C10H11N3/c1-4-12-14-13(15-16-12)11-7-5-10(6-8-11)9(2)3;1-2-9-6-10(13-12-9)8-4-3-5-11-7-8/h5-9H,4H2,1-3H3;3-5,7H,2,6H2,1H3. The summed E-state index contributed by atoms with van der Waals surface area (Å²) in [5.74, 6) is 1.90. The van der Waals surface area contributed by atoms with E-state index in [9.17, 15) is 0 Å². The molecule has 150 valence electrons. The van der Waals surface area contributed by atoms with Crippen molar-refractivity contribution in [2.45, 2.75) is 52.9 Å². The molecule has 0 bridgehead atoms. The van der Waals surface area contributed by atoms with Gasteiger partial charge < -0.3 is 4.52 Å². The molecule has 0 aliphatic carbocycles. The van der Waals surface area contributed by atoms with Crippen LogP contribution in [0.2, 0.25) is 0 Å². The lowest BCUT2D eigenvalue weighted by atomic mass is 10.0. The third-order valence-corrected chi connectivity index (χ3v) is 4.69. The number of hydrogen-bond acceptors (Lipinski definition) is 6. The number of benzene rings is 1. The van der Waals surface area contributed by atoms with E-state index in [0.717, 1.165) is 41.8 Å². The average Bonchev–Trinajstić information content (AvgIpc) is 3.44. The summed E-state index contributed by atoms with van der Waals surface area (Å²) in [6, 6.07) is 12.2. The van der Waals surface area contributed by atoms with E-state index in [4.69, 9.17) is 4.52 Å². The van der Waals surface area contributed by atoms with Gasteiger partial charge in [0.1, 0.15) is 0 Å². The van der Waals surface area contributed by atoms with Crippen LogP contribution in [-0.2, 0) is 6.42 Å². The van der Waals surface area contributed by atoms with Crippen molar-refractivity contribution in [1.82, 2.24) is 15.1 Å². The van der Waals surface area contributed by atoms with Gasteiger partial charge in [0.15, 0.2) is 0 Å². The van der Waals surface area contributed by atoms with Crippen LogP contribution < -0.4 is 0 Å².